The van der Waals surface area contributed by atoms with Crippen LogP contribution in [0.15, 0.2) is 11.6 Å². The molecule has 0 bridgehead atoms. The van der Waals surface area contributed by atoms with E-state index in [0.29, 0.717) is 12.1 Å². The van der Waals surface area contributed by atoms with Crippen LogP contribution < -0.4 is 5.32 Å². The zero-order valence-corrected chi connectivity index (χ0v) is 8.44. The van der Waals surface area contributed by atoms with Gasteiger partial charge in [0.2, 0.25) is 0 Å². The van der Waals surface area contributed by atoms with E-state index in [4.69, 9.17) is 0 Å². The molecule has 1 aliphatic heterocycles. The molecular weight excluding hydrogens is 134 g/mol. The first kappa shape index (κ1) is 10.7. The molecule has 0 saturated carbocycles. The van der Waals surface area contributed by atoms with Crippen LogP contribution in [0.1, 0.15) is 41.0 Å². The van der Waals surface area contributed by atoms with E-state index in [2.05, 4.69) is 32.2 Å². The van der Waals surface area contributed by atoms with Crippen molar-refractivity contribution >= 4 is 0 Å². The molecular formula is C10H21N. The Morgan fingerprint density at radius 3 is 2.27 bits per heavy atom. The molecule has 0 spiro atoms. The molecule has 0 amide bonds. The van der Waals surface area contributed by atoms with Crippen LogP contribution in [0.4, 0.5) is 0 Å². The van der Waals surface area contributed by atoms with Gasteiger partial charge in [-0.1, -0.05) is 25.5 Å². The molecule has 11 heavy (non-hydrogen) atoms. The van der Waals surface area contributed by atoms with Crippen molar-refractivity contribution < 1.29 is 0 Å². The molecule has 2 atom stereocenters. The van der Waals surface area contributed by atoms with Gasteiger partial charge in [-0.15, -0.1) is 0 Å². The molecule has 0 radical (unpaired) electrons. The fraction of sp³-hybridized carbons (Fsp3) is 0.800. The quantitative estimate of drug-likeness (QED) is 0.530. The summed E-state index contributed by atoms with van der Waals surface area (Å²) in [6.45, 7) is 10.6. The first-order valence-corrected chi connectivity index (χ1v) is 4.62. The second kappa shape index (κ2) is 5.36. The molecule has 1 nitrogen and oxygen atoms in total. The first-order valence-electron chi connectivity index (χ1n) is 4.62. The summed E-state index contributed by atoms with van der Waals surface area (Å²) in [5, 5.41) is 3.43. The van der Waals surface area contributed by atoms with Crippen molar-refractivity contribution in [1.82, 2.24) is 5.32 Å². The Labute approximate surface area is 70.9 Å². The highest BCUT2D eigenvalue weighted by atomic mass is 14.9. The molecule has 0 aromatic carbocycles. The average Bonchev–Trinajstić information content (AvgIpc) is 1.88. The number of rotatable bonds is 0. The molecule has 1 N–H and O–H groups in total. The number of hydrogen-bond acceptors (Lipinski definition) is 1. The van der Waals surface area contributed by atoms with E-state index in [1.807, 2.05) is 13.8 Å². The van der Waals surface area contributed by atoms with Gasteiger partial charge in [0.05, 0.1) is 0 Å². The lowest BCUT2D eigenvalue weighted by Gasteiger charge is -2.23. The zero-order valence-electron chi connectivity index (χ0n) is 8.44. The van der Waals surface area contributed by atoms with Gasteiger partial charge in [0, 0.05) is 12.1 Å². The van der Waals surface area contributed by atoms with Crippen LogP contribution in [0, 0.1) is 0 Å². The van der Waals surface area contributed by atoms with E-state index in [1.54, 1.807) is 0 Å². The third kappa shape index (κ3) is 4.20. The van der Waals surface area contributed by atoms with Gasteiger partial charge >= 0.3 is 0 Å². The molecule has 0 fully saturated rings. The standard InChI is InChI=1S/C8H15N.C2H6/c1-6-4-7(2)9-8(3)5-6;1-2/h4,7-9H,5H2,1-3H3;1-2H3. The molecule has 1 rings (SSSR count). The second-order valence-corrected chi connectivity index (χ2v) is 3.07. The van der Waals surface area contributed by atoms with Gasteiger partial charge in [-0.2, -0.15) is 0 Å². The van der Waals surface area contributed by atoms with Gasteiger partial charge in [-0.05, 0) is 27.2 Å². The van der Waals surface area contributed by atoms with E-state index in [-0.39, 0.29) is 0 Å². The monoisotopic (exact) mass is 155 g/mol. The predicted molar refractivity (Wildman–Crippen MR) is 51.8 cm³/mol. The Bertz CT molecular complexity index is 127. The fourth-order valence-corrected chi connectivity index (χ4v) is 1.53. The van der Waals surface area contributed by atoms with Gasteiger partial charge in [-0.3, -0.25) is 0 Å². The van der Waals surface area contributed by atoms with Crippen molar-refractivity contribution in [3.8, 4) is 0 Å². The molecule has 2 unspecified atom stereocenters. The maximum absolute atomic E-state index is 3.43. The van der Waals surface area contributed by atoms with E-state index < -0.39 is 0 Å². The molecule has 66 valence electrons. The second-order valence-electron chi connectivity index (χ2n) is 3.07. The molecule has 1 heterocycles. The van der Waals surface area contributed by atoms with Crippen LogP contribution in [0.3, 0.4) is 0 Å². The van der Waals surface area contributed by atoms with Crippen molar-refractivity contribution in [2.45, 2.75) is 53.1 Å². The minimum Gasteiger partial charge on any atom is -0.308 e. The van der Waals surface area contributed by atoms with Crippen LogP contribution in [-0.2, 0) is 0 Å². The van der Waals surface area contributed by atoms with Gasteiger partial charge in [0.1, 0.15) is 0 Å². The summed E-state index contributed by atoms with van der Waals surface area (Å²) in [6.07, 6.45) is 3.50. The average molecular weight is 155 g/mol. The largest absolute Gasteiger partial charge is 0.308 e. The lowest BCUT2D eigenvalue weighted by molar-refractivity contribution is 0.485. The lowest BCUT2D eigenvalue weighted by atomic mass is 10.0. The van der Waals surface area contributed by atoms with Crippen molar-refractivity contribution in [3.05, 3.63) is 11.6 Å². The molecule has 1 heteroatoms. The number of nitrogens with one attached hydrogen (secondary N) is 1. The van der Waals surface area contributed by atoms with Gasteiger partial charge in [0.15, 0.2) is 0 Å². The summed E-state index contributed by atoms with van der Waals surface area (Å²) in [5.74, 6) is 0. The zero-order chi connectivity index (χ0) is 8.85. The highest BCUT2D eigenvalue weighted by Gasteiger charge is 2.10. The van der Waals surface area contributed by atoms with Crippen molar-refractivity contribution in [2.75, 3.05) is 0 Å². The van der Waals surface area contributed by atoms with E-state index in [0.717, 1.165) is 0 Å². The van der Waals surface area contributed by atoms with Crippen LogP contribution in [-0.4, -0.2) is 12.1 Å². The predicted octanol–water partition coefficient (Wildman–Crippen LogP) is 2.73. The number of hydrogen-bond donors (Lipinski definition) is 1. The Kier molecular flexibility index (Phi) is 5.22. The lowest BCUT2D eigenvalue weighted by Crippen LogP contribution is -2.36. The summed E-state index contributed by atoms with van der Waals surface area (Å²) in [5.41, 5.74) is 1.52. The molecule has 1 aliphatic rings. The van der Waals surface area contributed by atoms with Crippen LogP contribution in [0.25, 0.3) is 0 Å². The highest BCUT2D eigenvalue weighted by Crippen LogP contribution is 2.11. The van der Waals surface area contributed by atoms with Gasteiger partial charge in [-0.25, -0.2) is 0 Å². The van der Waals surface area contributed by atoms with Gasteiger partial charge in [0.25, 0.3) is 0 Å². The summed E-state index contributed by atoms with van der Waals surface area (Å²) in [7, 11) is 0. The van der Waals surface area contributed by atoms with Crippen LogP contribution >= 0.6 is 0 Å². The minimum absolute atomic E-state index is 0.578. The minimum atomic E-state index is 0.578. The van der Waals surface area contributed by atoms with Crippen molar-refractivity contribution in [1.29, 1.82) is 0 Å². The topological polar surface area (TPSA) is 12.0 Å². The van der Waals surface area contributed by atoms with Crippen molar-refractivity contribution in [2.24, 2.45) is 0 Å². The highest BCUT2D eigenvalue weighted by molar-refractivity contribution is 5.09. The Balaban J connectivity index is 0.000000461. The van der Waals surface area contributed by atoms with Crippen LogP contribution in [0.5, 0.6) is 0 Å². The first-order chi connectivity index (χ1) is 5.18. The van der Waals surface area contributed by atoms with Gasteiger partial charge < -0.3 is 5.32 Å². The third-order valence-electron chi connectivity index (χ3n) is 1.71. The Hall–Kier alpha value is -0.300. The SMILES string of the molecule is CC.CC1=CC(C)NC(C)C1. The van der Waals surface area contributed by atoms with E-state index in [1.165, 1.54) is 12.0 Å². The summed E-state index contributed by atoms with van der Waals surface area (Å²) >= 11 is 0. The Morgan fingerprint density at radius 2 is 1.91 bits per heavy atom. The Morgan fingerprint density at radius 1 is 1.36 bits per heavy atom. The van der Waals surface area contributed by atoms with E-state index in [9.17, 15) is 0 Å². The maximum Gasteiger partial charge on any atom is 0.0226 e. The maximum atomic E-state index is 3.43. The fourth-order valence-electron chi connectivity index (χ4n) is 1.53. The third-order valence-corrected chi connectivity index (χ3v) is 1.71. The van der Waals surface area contributed by atoms with Crippen molar-refractivity contribution in [3.63, 3.8) is 0 Å². The molecule has 0 aliphatic carbocycles. The normalized spacial score (nSPS) is 30.1. The summed E-state index contributed by atoms with van der Waals surface area (Å²) in [4.78, 5) is 0. The summed E-state index contributed by atoms with van der Waals surface area (Å²) in [6, 6.07) is 1.25. The molecule has 0 aromatic rings. The van der Waals surface area contributed by atoms with Crippen LogP contribution in [0.2, 0.25) is 0 Å². The smallest absolute Gasteiger partial charge is 0.0226 e. The molecule has 0 saturated heterocycles. The summed E-state index contributed by atoms with van der Waals surface area (Å²) < 4.78 is 0. The van der Waals surface area contributed by atoms with E-state index >= 15 is 0 Å². The molecule has 0 aromatic heterocycles.